The zero-order valence-electron chi connectivity index (χ0n) is 20.1. The number of nitrogens with one attached hydrogen (secondary N) is 2. The number of carbonyl (C=O) groups is 3. The molecule has 3 aliphatic rings. The van der Waals surface area contributed by atoms with Gasteiger partial charge in [0.05, 0.1) is 29.2 Å². The van der Waals surface area contributed by atoms with Crippen molar-refractivity contribution in [2.45, 2.75) is 81.0 Å². The number of hydrogen-bond donors (Lipinski definition) is 3. The van der Waals surface area contributed by atoms with Crippen LogP contribution in [0.4, 0.5) is 5.69 Å². The maximum atomic E-state index is 14.0. The van der Waals surface area contributed by atoms with Gasteiger partial charge in [-0.1, -0.05) is 25.1 Å². The van der Waals surface area contributed by atoms with Crippen LogP contribution < -0.4 is 10.6 Å². The highest BCUT2D eigenvalue weighted by Crippen LogP contribution is 2.71. The highest BCUT2D eigenvalue weighted by Gasteiger charge is 2.77. The van der Waals surface area contributed by atoms with Crippen molar-refractivity contribution in [3.63, 3.8) is 0 Å². The average molecular weight is 474 g/mol. The Morgan fingerprint density at radius 2 is 1.88 bits per heavy atom. The van der Waals surface area contributed by atoms with E-state index in [1.165, 1.54) is 0 Å². The number of thioether (sulfide) groups is 1. The number of carbonyl (C=O) groups excluding carboxylic acids is 3. The van der Waals surface area contributed by atoms with E-state index in [1.807, 2.05) is 58.0 Å². The van der Waals surface area contributed by atoms with Gasteiger partial charge in [-0.3, -0.25) is 14.4 Å². The molecule has 3 fully saturated rings. The number of benzene rings is 1. The van der Waals surface area contributed by atoms with Crippen molar-refractivity contribution >= 4 is 35.2 Å². The van der Waals surface area contributed by atoms with E-state index in [0.29, 0.717) is 18.5 Å². The van der Waals surface area contributed by atoms with Gasteiger partial charge in [0.25, 0.3) is 0 Å². The van der Waals surface area contributed by atoms with Crippen LogP contribution in [0.2, 0.25) is 0 Å². The molecule has 33 heavy (non-hydrogen) atoms. The summed E-state index contributed by atoms with van der Waals surface area (Å²) in [7, 11) is 0. The molecule has 0 aliphatic carbocycles. The van der Waals surface area contributed by atoms with E-state index in [4.69, 9.17) is 0 Å². The van der Waals surface area contributed by atoms with Gasteiger partial charge in [-0.25, -0.2) is 0 Å². The van der Waals surface area contributed by atoms with Crippen molar-refractivity contribution in [1.82, 2.24) is 10.2 Å². The molecule has 2 bridgehead atoms. The number of rotatable bonds is 6. The van der Waals surface area contributed by atoms with Crippen LogP contribution in [0.1, 0.15) is 53.9 Å². The minimum atomic E-state index is -0.715. The van der Waals surface area contributed by atoms with E-state index in [1.54, 1.807) is 16.7 Å². The molecule has 1 spiro atoms. The molecule has 1 aromatic carbocycles. The van der Waals surface area contributed by atoms with E-state index in [9.17, 15) is 19.5 Å². The summed E-state index contributed by atoms with van der Waals surface area (Å²) < 4.78 is -1.10. The first-order chi connectivity index (χ1) is 15.5. The Morgan fingerprint density at radius 3 is 2.45 bits per heavy atom. The number of nitrogens with zero attached hydrogens (tertiary/aromatic N) is 1. The molecular weight excluding hydrogens is 438 g/mol. The number of aliphatic hydroxyl groups is 1. The third-order valence-electron chi connectivity index (χ3n) is 7.36. The number of likely N-dealkylation sites (tertiary alicyclic amines) is 1. The summed E-state index contributed by atoms with van der Waals surface area (Å²) in [6, 6.07) is 8.09. The first-order valence-corrected chi connectivity index (χ1v) is 12.6. The molecule has 4 rings (SSSR count). The van der Waals surface area contributed by atoms with Crippen molar-refractivity contribution < 1.29 is 19.5 Å². The molecule has 0 saturated carbocycles. The third-order valence-corrected chi connectivity index (χ3v) is 9.35. The molecule has 3 aliphatic heterocycles. The van der Waals surface area contributed by atoms with Gasteiger partial charge in [-0.2, -0.15) is 0 Å². The predicted octanol–water partition coefficient (Wildman–Crippen LogP) is 2.79. The SMILES string of the molecule is CC[C@@H](CO)N1C(=O)[C@@H]2[C@H](C(=O)Nc3ccccc3)[C@]3(C)CCC2(S3)C1C(=O)NC(C)(C)C. The van der Waals surface area contributed by atoms with Crippen molar-refractivity contribution in [3.05, 3.63) is 30.3 Å². The minimum Gasteiger partial charge on any atom is -0.394 e. The normalized spacial score (nSPS) is 33.7. The summed E-state index contributed by atoms with van der Waals surface area (Å²) in [5.74, 6) is -1.71. The molecule has 2 unspecified atom stereocenters. The average Bonchev–Trinajstić information content (AvgIpc) is 3.30. The molecular formula is C25H35N3O4S. The van der Waals surface area contributed by atoms with Crippen molar-refractivity contribution in [2.75, 3.05) is 11.9 Å². The van der Waals surface area contributed by atoms with Crippen LogP contribution in [0.15, 0.2) is 30.3 Å². The number of fused-ring (bicyclic) bond motifs is 1. The summed E-state index contributed by atoms with van der Waals surface area (Å²) in [6.07, 6.45) is 1.99. The Morgan fingerprint density at radius 1 is 1.21 bits per heavy atom. The van der Waals surface area contributed by atoms with E-state index >= 15 is 0 Å². The number of aliphatic hydroxyl groups excluding tert-OH is 1. The molecule has 3 heterocycles. The molecule has 1 aromatic rings. The molecule has 0 radical (unpaired) electrons. The topological polar surface area (TPSA) is 98.7 Å². The standard InChI is InChI=1S/C25H35N3O4S/c1-6-16(14-29)28-19(21(31)27-23(2,3)4)25-13-12-24(5,33-25)17(18(25)22(28)32)20(30)26-15-10-8-7-9-11-15/h7-11,16-19,29H,6,12-14H2,1-5H3,(H,26,30)(H,27,31)/t16-,17+,18-,19?,24-,25?/m0/s1. The van der Waals surface area contributed by atoms with E-state index in [0.717, 1.165) is 6.42 Å². The Hall–Kier alpha value is -2.06. The van der Waals surface area contributed by atoms with E-state index in [-0.39, 0.29) is 24.3 Å². The molecule has 180 valence electrons. The van der Waals surface area contributed by atoms with Crippen LogP contribution in [0.5, 0.6) is 0 Å². The Labute approximate surface area is 200 Å². The first kappa shape index (κ1) is 24.1. The van der Waals surface area contributed by atoms with Crippen LogP contribution in [-0.2, 0) is 14.4 Å². The summed E-state index contributed by atoms with van der Waals surface area (Å²) in [5, 5.41) is 16.2. The zero-order chi connectivity index (χ0) is 24.2. The van der Waals surface area contributed by atoms with Gasteiger partial charge < -0.3 is 20.6 Å². The van der Waals surface area contributed by atoms with Crippen LogP contribution in [0.3, 0.4) is 0 Å². The number of hydrogen-bond acceptors (Lipinski definition) is 5. The fourth-order valence-corrected chi connectivity index (χ4v) is 8.39. The maximum Gasteiger partial charge on any atom is 0.244 e. The predicted molar refractivity (Wildman–Crippen MR) is 130 cm³/mol. The van der Waals surface area contributed by atoms with Gasteiger partial charge in [0.15, 0.2) is 0 Å². The van der Waals surface area contributed by atoms with Crippen LogP contribution in [0, 0.1) is 11.8 Å². The van der Waals surface area contributed by atoms with Gasteiger partial charge in [-0.05, 0) is 59.1 Å². The van der Waals surface area contributed by atoms with Crippen LogP contribution in [-0.4, -0.2) is 61.5 Å². The smallest absolute Gasteiger partial charge is 0.244 e. The van der Waals surface area contributed by atoms with Crippen molar-refractivity contribution in [2.24, 2.45) is 11.8 Å². The Kier molecular flexibility index (Phi) is 6.06. The van der Waals surface area contributed by atoms with Crippen molar-refractivity contribution in [1.29, 1.82) is 0 Å². The molecule has 6 atom stereocenters. The lowest BCUT2D eigenvalue weighted by molar-refractivity contribution is -0.142. The van der Waals surface area contributed by atoms with Gasteiger partial charge in [-0.15, -0.1) is 11.8 Å². The molecule has 0 aromatic heterocycles. The Balaban J connectivity index is 1.75. The van der Waals surface area contributed by atoms with Gasteiger partial charge in [0, 0.05) is 16.0 Å². The van der Waals surface area contributed by atoms with Crippen LogP contribution >= 0.6 is 11.8 Å². The van der Waals surface area contributed by atoms with Crippen molar-refractivity contribution in [3.8, 4) is 0 Å². The monoisotopic (exact) mass is 473 g/mol. The molecule has 3 N–H and O–H groups in total. The summed E-state index contributed by atoms with van der Waals surface area (Å²) in [6.45, 7) is 9.50. The molecule has 3 saturated heterocycles. The van der Waals surface area contributed by atoms with Gasteiger partial charge in [0.2, 0.25) is 17.7 Å². The summed E-state index contributed by atoms with van der Waals surface area (Å²) in [4.78, 5) is 42.8. The molecule has 7 nitrogen and oxygen atoms in total. The number of amides is 3. The third kappa shape index (κ3) is 3.85. The van der Waals surface area contributed by atoms with Gasteiger partial charge >= 0.3 is 0 Å². The fraction of sp³-hybridized carbons (Fsp3) is 0.640. The lowest BCUT2D eigenvalue weighted by Crippen LogP contribution is -2.59. The van der Waals surface area contributed by atoms with E-state index in [2.05, 4.69) is 17.6 Å². The van der Waals surface area contributed by atoms with Crippen LogP contribution in [0.25, 0.3) is 0 Å². The second-order valence-corrected chi connectivity index (χ2v) is 12.7. The highest BCUT2D eigenvalue weighted by molar-refractivity contribution is 8.02. The second kappa shape index (κ2) is 8.31. The Bertz CT molecular complexity index is 945. The fourth-order valence-electron chi connectivity index (χ4n) is 6.05. The second-order valence-electron chi connectivity index (χ2n) is 10.8. The summed E-state index contributed by atoms with van der Waals surface area (Å²) >= 11 is 1.64. The number of para-hydroxylation sites is 1. The number of anilines is 1. The largest absolute Gasteiger partial charge is 0.394 e. The first-order valence-electron chi connectivity index (χ1n) is 11.8. The highest BCUT2D eigenvalue weighted by atomic mass is 32.2. The maximum absolute atomic E-state index is 14.0. The molecule has 8 heteroatoms. The summed E-state index contributed by atoms with van der Waals surface area (Å²) in [5.41, 5.74) is 0.232. The quantitative estimate of drug-likeness (QED) is 0.590. The lowest BCUT2D eigenvalue weighted by atomic mass is 9.66. The lowest BCUT2D eigenvalue weighted by Gasteiger charge is -2.38. The van der Waals surface area contributed by atoms with Gasteiger partial charge in [0.1, 0.15) is 6.04 Å². The zero-order valence-corrected chi connectivity index (χ0v) is 20.9. The van der Waals surface area contributed by atoms with E-state index < -0.39 is 39.0 Å². The molecule has 3 amide bonds. The minimum absolute atomic E-state index is 0.176.